The molecule has 6 nitrogen and oxygen atoms in total. The number of esters is 2. The van der Waals surface area contributed by atoms with Gasteiger partial charge in [-0.25, -0.2) is 0 Å². The first kappa shape index (κ1) is 40.8. The maximum absolute atomic E-state index is 12.1. The summed E-state index contributed by atoms with van der Waals surface area (Å²) in [5.74, 6) is 0.112. The third-order valence-corrected chi connectivity index (χ3v) is 7.11. The van der Waals surface area contributed by atoms with E-state index in [4.69, 9.17) is 9.47 Å². The summed E-state index contributed by atoms with van der Waals surface area (Å²) in [7, 11) is 0. The summed E-state index contributed by atoms with van der Waals surface area (Å²) in [5, 5.41) is 19.2. The van der Waals surface area contributed by atoms with Gasteiger partial charge in [-0.1, -0.05) is 127 Å². The summed E-state index contributed by atoms with van der Waals surface area (Å²) >= 11 is 0. The first-order chi connectivity index (χ1) is 20.9. The molecule has 0 amide bonds. The zero-order chi connectivity index (χ0) is 31.8. The molecule has 6 heteroatoms. The second-order valence-corrected chi connectivity index (χ2v) is 11.9. The molecule has 2 N–H and O–H groups in total. The molecule has 0 heterocycles. The highest BCUT2D eigenvalue weighted by Gasteiger charge is 2.16. The van der Waals surface area contributed by atoms with Crippen molar-refractivity contribution in [1.82, 2.24) is 0 Å². The number of carbonyl (C=O) groups excluding carboxylic acids is 2. The van der Waals surface area contributed by atoms with Gasteiger partial charge in [-0.2, -0.15) is 0 Å². The Morgan fingerprint density at radius 1 is 0.674 bits per heavy atom. The van der Waals surface area contributed by atoms with Gasteiger partial charge in [0.1, 0.15) is 6.61 Å². The van der Waals surface area contributed by atoms with E-state index in [1.165, 1.54) is 38.5 Å². The fraction of sp³-hybridized carbons (Fsp3) is 0.730. The predicted octanol–water partition coefficient (Wildman–Crippen LogP) is 9.11. The lowest BCUT2D eigenvalue weighted by Crippen LogP contribution is -2.28. The average molecular weight is 605 g/mol. The number of allylic oxidation sites excluding steroid dienone is 7. The maximum atomic E-state index is 12.1. The Hall–Kier alpha value is -2.18. The Bertz CT molecular complexity index is 767. The molecule has 0 rings (SSSR count). The molecule has 0 fully saturated rings. The van der Waals surface area contributed by atoms with Crippen LogP contribution in [0.5, 0.6) is 0 Å². The van der Waals surface area contributed by atoms with Crippen molar-refractivity contribution in [2.75, 3.05) is 13.2 Å². The van der Waals surface area contributed by atoms with Gasteiger partial charge in [-0.05, 0) is 57.3 Å². The van der Waals surface area contributed by atoms with Crippen molar-refractivity contribution in [2.24, 2.45) is 5.92 Å². The van der Waals surface area contributed by atoms with Crippen LogP contribution in [0.1, 0.15) is 143 Å². The average Bonchev–Trinajstić information content (AvgIpc) is 2.98. The second kappa shape index (κ2) is 31.3. The van der Waals surface area contributed by atoms with Crippen LogP contribution in [0.3, 0.4) is 0 Å². The van der Waals surface area contributed by atoms with E-state index in [9.17, 15) is 19.8 Å². The lowest BCUT2D eigenvalue weighted by Gasteiger charge is -2.15. The maximum Gasteiger partial charge on any atom is 0.306 e. The standard InChI is InChI=1S/C37H64O6/c1-4-26-34(39)28-23-19-15-10-8-6-5-7-9-11-16-20-24-29-36(40)42-32-35(31-38)43-37(41)30-25-21-17-13-12-14-18-22-27-33(2)3/h5,7-8,10-11,16,19,23,33-35,38-39H,4,6,9,12-15,17-18,20-22,24-32H2,1-3H3/b7-5-,10-8-,16-11-,23-19-/t34?,35-/m0/s1. The number of aliphatic hydroxyl groups is 2. The zero-order valence-electron chi connectivity index (χ0n) is 27.7. The van der Waals surface area contributed by atoms with Crippen molar-refractivity contribution in [3.63, 3.8) is 0 Å². The Balaban J connectivity index is 3.74. The van der Waals surface area contributed by atoms with E-state index in [1.54, 1.807) is 0 Å². The number of carbonyl (C=O) groups is 2. The van der Waals surface area contributed by atoms with Crippen LogP contribution in [-0.2, 0) is 19.1 Å². The summed E-state index contributed by atoms with van der Waals surface area (Å²) in [5.41, 5.74) is 0. The van der Waals surface area contributed by atoms with E-state index in [1.807, 2.05) is 0 Å². The quantitative estimate of drug-likeness (QED) is 0.0502. The Morgan fingerprint density at radius 3 is 1.79 bits per heavy atom. The van der Waals surface area contributed by atoms with Crippen LogP contribution in [0.15, 0.2) is 48.6 Å². The molecule has 0 aromatic rings. The van der Waals surface area contributed by atoms with Crippen molar-refractivity contribution >= 4 is 11.9 Å². The molecule has 0 aliphatic rings. The van der Waals surface area contributed by atoms with E-state index < -0.39 is 6.10 Å². The third-order valence-electron chi connectivity index (χ3n) is 7.11. The molecular formula is C37H64O6. The molecule has 0 spiro atoms. The van der Waals surface area contributed by atoms with Gasteiger partial charge in [0.15, 0.2) is 6.10 Å². The highest BCUT2D eigenvalue weighted by molar-refractivity contribution is 5.70. The van der Waals surface area contributed by atoms with Gasteiger partial charge in [-0.3, -0.25) is 9.59 Å². The van der Waals surface area contributed by atoms with Crippen molar-refractivity contribution < 1.29 is 29.3 Å². The van der Waals surface area contributed by atoms with Crippen molar-refractivity contribution in [2.45, 2.75) is 155 Å². The SMILES string of the molecule is CCCC(O)C/C=C\C/C=C\C/C=C\C/C=C\CCCC(=O)OC[C@H](CO)OC(=O)CCCCCCCCCCC(C)C. The minimum absolute atomic E-state index is 0.106. The van der Waals surface area contributed by atoms with Gasteiger partial charge in [0, 0.05) is 12.8 Å². The van der Waals surface area contributed by atoms with Crippen LogP contribution in [0.4, 0.5) is 0 Å². The fourth-order valence-corrected chi connectivity index (χ4v) is 4.51. The smallest absolute Gasteiger partial charge is 0.306 e. The first-order valence-electron chi connectivity index (χ1n) is 17.1. The molecule has 2 atom stereocenters. The van der Waals surface area contributed by atoms with Crippen molar-refractivity contribution in [1.29, 1.82) is 0 Å². The van der Waals surface area contributed by atoms with E-state index >= 15 is 0 Å². The fourth-order valence-electron chi connectivity index (χ4n) is 4.51. The molecule has 0 aromatic carbocycles. The molecule has 0 saturated carbocycles. The summed E-state index contributed by atoms with van der Waals surface area (Å²) in [6.45, 7) is 6.16. The lowest BCUT2D eigenvalue weighted by atomic mass is 10.0. The van der Waals surface area contributed by atoms with Gasteiger partial charge in [0.05, 0.1) is 12.7 Å². The summed E-state index contributed by atoms with van der Waals surface area (Å²) in [6.07, 6.45) is 33.8. The summed E-state index contributed by atoms with van der Waals surface area (Å²) in [4.78, 5) is 24.1. The van der Waals surface area contributed by atoms with Gasteiger partial charge >= 0.3 is 11.9 Å². The summed E-state index contributed by atoms with van der Waals surface area (Å²) < 4.78 is 10.5. The Kier molecular flexibility index (Phi) is 29.7. The molecule has 0 aliphatic carbocycles. The van der Waals surface area contributed by atoms with E-state index in [-0.39, 0.29) is 31.3 Å². The van der Waals surface area contributed by atoms with Gasteiger partial charge < -0.3 is 19.7 Å². The number of ether oxygens (including phenoxy) is 2. The number of rotatable bonds is 29. The first-order valence-corrected chi connectivity index (χ1v) is 17.1. The molecule has 43 heavy (non-hydrogen) atoms. The van der Waals surface area contributed by atoms with Crippen LogP contribution < -0.4 is 0 Å². The van der Waals surface area contributed by atoms with Crippen LogP contribution in [0, 0.1) is 5.92 Å². The topological polar surface area (TPSA) is 93.1 Å². The van der Waals surface area contributed by atoms with Crippen LogP contribution in [-0.4, -0.2) is 47.6 Å². The molecule has 0 saturated heterocycles. The number of hydrogen-bond donors (Lipinski definition) is 2. The zero-order valence-corrected chi connectivity index (χ0v) is 27.7. The lowest BCUT2D eigenvalue weighted by molar-refractivity contribution is -0.161. The number of unbranched alkanes of at least 4 members (excludes halogenated alkanes) is 8. The van der Waals surface area contributed by atoms with E-state index in [0.717, 1.165) is 70.1 Å². The van der Waals surface area contributed by atoms with Crippen molar-refractivity contribution in [3.05, 3.63) is 48.6 Å². The molecule has 0 bridgehead atoms. The number of hydrogen-bond acceptors (Lipinski definition) is 6. The molecule has 1 unspecified atom stereocenters. The highest BCUT2D eigenvalue weighted by atomic mass is 16.6. The van der Waals surface area contributed by atoms with Gasteiger partial charge in [0.2, 0.25) is 0 Å². The number of aliphatic hydroxyl groups excluding tert-OH is 2. The minimum atomic E-state index is -0.801. The van der Waals surface area contributed by atoms with Crippen LogP contribution in [0.25, 0.3) is 0 Å². The Labute approximate surface area is 263 Å². The molecule has 0 aromatic heterocycles. The molecule has 0 radical (unpaired) electrons. The predicted molar refractivity (Wildman–Crippen MR) is 179 cm³/mol. The van der Waals surface area contributed by atoms with E-state index in [0.29, 0.717) is 19.3 Å². The van der Waals surface area contributed by atoms with Crippen LogP contribution >= 0.6 is 0 Å². The minimum Gasteiger partial charge on any atom is -0.462 e. The second-order valence-electron chi connectivity index (χ2n) is 11.9. The highest BCUT2D eigenvalue weighted by Crippen LogP contribution is 2.13. The monoisotopic (exact) mass is 604 g/mol. The largest absolute Gasteiger partial charge is 0.462 e. The Morgan fingerprint density at radius 2 is 1.21 bits per heavy atom. The van der Waals surface area contributed by atoms with Gasteiger partial charge in [0.25, 0.3) is 0 Å². The summed E-state index contributed by atoms with van der Waals surface area (Å²) in [6, 6.07) is 0. The third kappa shape index (κ3) is 31.1. The molecule has 248 valence electrons. The van der Waals surface area contributed by atoms with E-state index in [2.05, 4.69) is 69.4 Å². The van der Waals surface area contributed by atoms with Crippen molar-refractivity contribution in [3.8, 4) is 0 Å². The molecular weight excluding hydrogens is 540 g/mol. The van der Waals surface area contributed by atoms with Gasteiger partial charge in [-0.15, -0.1) is 0 Å². The normalized spacial score (nSPS) is 13.6. The van der Waals surface area contributed by atoms with Crippen LogP contribution in [0.2, 0.25) is 0 Å². The molecule has 0 aliphatic heterocycles.